The minimum absolute atomic E-state index is 0.0117. The van der Waals surface area contributed by atoms with Crippen LogP contribution >= 0.6 is 0 Å². The lowest BCUT2D eigenvalue weighted by molar-refractivity contribution is -0.134. The molecule has 1 saturated heterocycles. The molecule has 0 radical (unpaired) electrons. The molecule has 144 valence electrons. The maximum absolute atomic E-state index is 12.4. The van der Waals surface area contributed by atoms with Crippen LogP contribution in [0.2, 0.25) is 0 Å². The first-order valence-corrected chi connectivity index (χ1v) is 9.05. The van der Waals surface area contributed by atoms with E-state index in [1.165, 1.54) is 6.26 Å². The number of carbonyl (C=O) groups is 2. The first-order chi connectivity index (χ1) is 13.0. The highest BCUT2D eigenvalue weighted by Gasteiger charge is 2.24. The molecule has 1 aliphatic heterocycles. The molecule has 0 aliphatic carbocycles. The second kappa shape index (κ2) is 8.73. The molecular weight excluding hydrogens is 346 g/mol. The van der Waals surface area contributed by atoms with Gasteiger partial charge in [-0.3, -0.25) is 9.59 Å². The fourth-order valence-electron chi connectivity index (χ4n) is 3.13. The maximum Gasteiger partial charge on any atom is 0.291 e. The van der Waals surface area contributed by atoms with Gasteiger partial charge in [0, 0.05) is 30.9 Å². The summed E-state index contributed by atoms with van der Waals surface area (Å²) in [5, 5.41) is 2.74. The number of likely N-dealkylation sites (tertiary alicyclic amines) is 1. The fourth-order valence-corrected chi connectivity index (χ4v) is 3.13. The summed E-state index contributed by atoms with van der Waals surface area (Å²) in [5.74, 6) is 0.413. The van der Waals surface area contributed by atoms with Gasteiger partial charge in [0.2, 0.25) is 0 Å². The lowest BCUT2D eigenvalue weighted by atomic mass is 10.0. The van der Waals surface area contributed by atoms with Crippen LogP contribution in [0.5, 0.6) is 5.75 Å². The third-order valence-corrected chi connectivity index (χ3v) is 4.75. The van der Waals surface area contributed by atoms with Gasteiger partial charge in [0.15, 0.2) is 12.4 Å². The number of piperidine rings is 1. The SMILES string of the molecule is CN(C)C1CCN(C(=O)COc2cccc(NC(=O)c3ccco3)c2)CC1. The smallest absolute Gasteiger partial charge is 0.291 e. The normalized spacial score (nSPS) is 15.0. The Balaban J connectivity index is 1.50. The molecule has 27 heavy (non-hydrogen) atoms. The van der Waals surface area contributed by atoms with E-state index in [9.17, 15) is 9.59 Å². The summed E-state index contributed by atoms with van der Waals surface area (Å²) >= 11 is 0. The van der Waals surface area contributed by atoms with Crippen LogP contribution in [0, 0.1) is 0 Å². The quantitative estimate of drug-likeness (QED) is 0.844. The van der Waals surface area contributed by atoms with Gasteiger partial charge in [0.05, 0.1) is 6.26 Å². The number of nitrogens with zero attached hydrogens (tertiary/aromatic N) is 2. The van der Waals surface area contributed by atoms with Crippen LogP contribution in [0.15, 0.2) is 47.1 Å². The van der Waals surface area contributed by atoms with Gasteiger partial charge in [-0.25, -0.2) is 0 Å². The molecular formula is C20H25N3O4. The lowest BCUT2D eigenvalue weighted by Gasteiger charge is -2.35. The van der Waals surface area contributed by atoms with E-state index in [2.05, 4.69) is 24.3 Å². The van der Waals surface area contributed by atoms with Gasteiger partial charge in [-0.05, 0) is 51.2 Å². The molecule has 1 N–H and O–H groups in total. The summed E-state index contributed by atoms with van der Waals surface area (Å²) in [6.07, 6.45) is 3.40. The summed E-state index contributed by atoms with van der Waals surface area (Å²) in [6.45, 7) is 1.50. The van der Waals surface area contributed by atoms with Crippen LogP contribution in [0.4, 0.5) is 5.69 Å². The van der Waals surface area contributed by atoms with E-state index in [1.807, 2.05) is 4.90 Å². The summed E-state index contributed by atoms with van der Waals surface area (Å²) in [5.41, 5.74) is 0.577. The number of furan rings is 1. The largest absolute Gasteiger partial charge is 0.484 e. The molecule has 2 amide bonds. The zero-order valence-electron chi connectivity index (χ0n) is 15.7. The van der Waals surface area contributed by atoms with Crippen LogP contribution in [-0.4, -0.2) is 61.4 Å². The number of anilines is 1. The van der Waals surface area contributed by atoms with Crippen LogP contribution < -0.4 is 10.1 Å². The molecule has 1 aliphatic rings. The monoisotopic (exact) mass is 371 g/mol. The van der Waals surface area contributed by atoms with Crippen molar-refractivity contribution in [2.75, 3.05) is 39.1 Å². The standard InChI is InChI=1S/C20H25N3O4/c1-22(2)16-8-10-23(11-9-16)19(24)14-27-17-6-3-5-15(13-17)21-20(25)18-7-4-12-26-18/h3-7,12-13,16H,8-11,14H2,1-2H3,(H,21,25). The Hall–Kier alpha value is -2.80. The molecule has 0 bridgehead atoms. The summed E-state index contributed by atoms with van der Waals surface area (Å²) in [7, 11) is 4.14. The van der Waals surface area contributed by atoms with Gasteiger partial charge >= 0.3 is 0 Å². The third kappa shape index (κ3) is 5.10. The molecule has 1 fully saturated rings. The summed E-state index contributed by atoms with van der Waals surface area (Å²) in [4.78, 5) is 28.5. The fraction of sp³-hybridized carbons (Fsp3) is 0.400. The Morgan fingerprint density at radius 1 is 1.22 bits per heavy atom. The Kier molecular flexibility index (Phi) is 6.13. The van der Waals surface area contributed by atoms with Crippen molar-refractivity contribution in [3.8, 4) is 5.75 Å². The highest BCUT2D eigenvalue weighted by molar-refractivity contribution is 6.02. The van der Waals surface area contributed by atoms with E-state index in [0.717, 1.165) is 25.9 Å². The molecule has 0 saturated carbocycles. The Morgan fingerprint density at radius 3 is 2.67 bits per heavy atom. The molecule has 0 unspecified atom stereocenters. The number of benzene rings is 1. The van der Waals surface area contributed by atoms with Gasteiger partial charge in [-0.2, -0.15) is 0 Å². The van der Waals surface area contributed by atoms with Crippen molar-refractivity contribution in [1.29, 1.82) is 0 Å². The van der Waals surface area contributed by atoms with E-state index in [1.54, 1.807) is 36.4 Å². The number of carbonyl (C=O) groups excluding carboxylic acids is 2. The predicted molar refractivity (Wildman–Crippen MR) is 102 cm³/mol. The minimum atomic E-state index is -0.336. The Labute approximate surface area is 158 Å². The number of hydrogen-bond acceptors (Lipinski definition) is 5. The highest BCUT2D eigenvalue weighted by atomic mass is 16.5. The van der Waals surface area contributed by atoms with Crippen molar-refractivity contribution in [2.45, 2.75) is 18.9 Å². The van der Waals surface area contributed by atoms with Crippen LogP contribution in [0.1, 0.15) is 23.4 Å². The van der Waals surface area contributed by atoms with E-state index < -0.39 is 0 Å². The van der Waals surface area contributed by atoms with Crippen LogP contribution in [0.3, 0.4) is 0 Å². The first-order valence-electron chi connectivity index (χ1n) is 9.05. The number of rotatable bonds is 6. The van der Waals surface area contributed by atoms with E-state index in [0.29, 0.717) is 17.5 Å². The summed E-state index contributed by atoms with van der Waals surface area (Å²) < 4.78 is 10.7. The van der Waals surface area contributed by atoms with Crippen molar-refractivity contribution < 1.29 is 18.7 Å². The topological polar surface area (TPSA) is 75.0 Å². The molecule has 7 nitrogen and oxygen atoms in total. The first kappa shape index (κ1) is 19.0. The van der Waals surface area contributed by atoms with Crippen molar-refractivity contribution in [2.24, 2.45) is 0 Å². The molecule has 0 atom stereocenters. The Bertz CT molecular complexity index is 765. The van der Waals surface area contributed by atoms with Crippen molar-refractivity contribution >= 4 is 17.5 Å². The minimum Gasteiger partial charge on any atom is -0.484 e. The Morgan fingerprint density at radius 2 is 2.00 bits per heavy atom. The highest BCUT2D eigenvalue weighted by Crippen LogP contribution is 2.19. The van der Waals surface area contributed by atoms with Crippen LogP contribution in [0.25, 0.3) is 0 Å². The number of ether oxygens (including phenoxy) is 1. The molecule has 3 rings (SSSR count). The van der Waals surface area contributed by atoms with Gasteiger partial charge in [0.1, 0.15) is 5.75 Å². The van der Waals surface area contributed by atoms with Crippen molar-refractivity contribution in [3.63, 3.8) is 0 Å². The number of nitrogens with one attached hydrogen (secondary N) is 1. The van der Waals surface area contributed by atoms with E-state index >= 15 is 0 Å². The number of hydrogen-bond donors (Lipinski definition) is 1. The predicted octanol–water partition coefficient (Wildman–Crippen LogP) is 2.46. The van der Waals surface area contributed by atoms with Crippen molar-refractivity contribution in [1.82, 2.24) is 9.80 Å². The molecule has 7 heteroatoms. The van der Waals surface area contributed by atoms with Gasteiger partial charge in [0.25, 0.3) is 11.8 Å². The van der Waals surface area contributed by atoms with E-state index in [-0.39, 0.29) is 24.2 Å². The van der Waals surface area contributed by atoms with E-state index in [4.69, 9.17) is 9.15 Å². The lowest BCUT2D eigenvalue weighted by Crippen LogP contribution is -2.45. The van der Waals surface area contributed by atoms with Crippen LogP contribution in [-0.2, 0) is 4.79 Å². The van der Waals surface area contributed by atoms with Crippen molar-refractivity contribution in [3.05, 3.63) is 48.4 Å². The average molecular weight is 371 g/mol. The average Bonchev–Trinajstić information content (AvgIpc) is 3.21. The molecule has 1 aromatic carbocycles. The molecule has 2 heterocycles. The maximum atomic E-state index is 12.4. The van der Waals surface area contributed by atoms with Gasteiger partial charge in [-0.15, -0.1) is 0 Å². The molecule has 2 aromatic rings. The summed E-state index contributed by atoms with van der Waals surface area (Å²) in [6, 6.07) is 10.7. The van der Waals surface area contributed by atoms with Gasteiger partial charge in [-0.1, -0.05) is 6.07 Å². The molecule has 1 aromatic heterocycles. The second-order valence-corrected chi connectivity index (χ2v) is 6.82. The zero-order valence-corrected chi connectivity index (χ0v) is 15.7. The zero-order chi connectivity index (χ0) is 19.2. The van der Waals surface area contributed by atoms with Gasteiger partial charge < -0.3 is 24.3 Å². The second-order valence-electron chi connectivity index (χ2n) is 6.82. The molecule has 0 spiro atoms. The third-order valence-electron chi connectivity index (χ3n) is 4.75. The number of amides is 2.